The lowest BCUT2D eigenvalue weighted by molar-refractivity contribution is 0.0610. The molecule has 0 fully saturated rings. The summed E-state index contributed by atoms with van der Waals surface area (Å²) in [6, 6.07) is 6.77. The molecule has 1 amide bonds. The minimum absolute atomic E-state index is 0.117. The van der Waals surface area contributed by atoms with Gasteiger partial charge in [-0.25, -0.2) is 0 Å². The highest BCUT2D eigenvalue weighted by Crippen LogP contribution is 2.05. The van der Waals surface area contributed by atoms with Crippen molar-refractivity contribution in [3.63, 3.8) is 0 Å². The number of rotatable bonds is 5. The number of nitrogens with one attached hydrogen (secondary N) is 1. The van der Waals surface area contributed by atoms with Crippen molar-refractivity contribution < 1.29 is 19.7 Å². The van der Waals surface area contributed by atoms with Crippen LogP contribution in [0.25, 0.3) is 0 Å². The number of hydrogen-bond acceptors (Lipinski definition) is 4. The van der Waals surface area contributed by atoms with Gasteiger partial charge in [-0.3, -0.25) is 4.79 Å². The molecule has 1 atom stereocenters. The highest BCUT2D eigenvalue weighted by Gasteiger charge is 2.09. The molecule has 1 aromatic rings. The number of carbonyl (C=O) groups excluding carboxylic acids is 1. The largest absolute Gasteiger partial charge is 0.389 e. The molecule has 3 N–H and O–H groups in total. The second kappa shape index (κ2) is 7.79. The van der Waals surface area contributed by atoms with Crippen LogP contribution in [0, 0.1) is 11.8 Å². The van der Waals surface area contributed by atoms with Gasteiger partial charge in [0.15, 0.2) is 0 Å². The minimum Gasteiger partial charge on any atom is -0.389 e. The predicted octanol–water partition coefficient (Wildman–Crippen LogP) is 0.546. The molecule has 0 aromatic heterocycles. The van der Waals surface area contributed by atoms with Crippen LogP contribution in [-0.2, 0) is 4.74 Å². The van der Waals surface area contributed by atoms with E-state index in [0.29, 0.717) is 11.1 Å². The smallest absolute Gasteiger partial charge is 0.251 e. The quantitative estimate of drug-likeness (QED) is 0.692. The van der Waals surface area contributed by atoms with E-state index in [2.05, 4.69) is 17.2 Å². The minimum atomic E-state index is -1.08. The van der Waals surface area contributed by atoms with Crippen LogP contribution >= 0.6 is 0 Å². The van der Waals surface area contributed by atoms with Crippen molar-refractivity contribution in [3.05, 3.63) is 35.4 Å². The van der Waals surface area contributed by atoms with E-state index in [1.54, 1.807) is 38.1 Å². The van der Waals surface area contributed by atoms with Gasteiger partial charge < -0.3 is 20.3 Å². The van der Waals surface area contributed by atoms with E-state index in [1.807, 2.05) is 0 Å². The molecule has 0 spiro atoms. The monoisotopic (exact) mass is 291 g/mol. The number of aliphatic hydroxyl groups is 2. The van der Waals surface area contributed by atoms with E-state index in [-0.39, 0.29) is 19.1 Å². The van der Waals surface area contributed by atoms with Gasteiger partial charge in [0.1, 0.15) is 5.60 Å². The second-order valence-corrected chi connectivity index (χ2v) is 5.21. The number of aliphatic hydroxyl groups excluding tert-OH is 1. The molecule has 1 rings (SSSR count). The molecule has 114 valence electrons. The van der Waals surface area contributed by atoms with E-state index in [1.165, 1.54) is 7.11 Å². The fourth-order valence-corrected chi connectivity index (χ4v) is 1.53. The van der Waals surface area contributed by atoms with Crippen LogP contribution in [0.4, 0.5) is 0 Å². The van der Waals surface area contributed by atoms with Crippen LogP contribution in [0.1, 0.15) is 29.8 Å². The van der Waals surface area contributed by atoms with Crippen LogP contribution in [-0.4, -0.2) is 48.1 Å². The Morgan fingerprint density at radius 2 is 2.19 bits per heavy atom. The van der Waals surface area contributed by atoms with Crippen LogP contribution < -0.4 is 5.32 Å². The fraction of sp³-hybridized carbons (Fsp3) is 0.438. The maximum absolute atomic E-state index is 11.9. The van der Waals surface area contributed by atoms with E-state index in [9.17, 15) is 15.0 Å². The summed E-state index contributed by atoms with van der Waals surface area (Å²) in [6.45, 7) is 3.46. The van der Waals surface area contributed by atoms with Gasteiger partial charge in [-0.15, -0.1) is 0 Å². The fourth-order valence-electron chi connectivity index (χ4n) is 1.53. The Bertz CT molecular complexity index is 537. The van der Waals surface area contributed by atoms with Crippen LogP contribution in [0.15, 0.2) is 24.3 Å². The lowest BCUT2D eigenvalue weighted by Gasteiger charge is -2.11. The van der Waals surface area contributed by atoms with Gasteiger partial charge in [-0.1, -0.05) is 17.9 Å². The molecular formula is C16H21NO4. The molecule has 1 unspecified atom stereocenters. The van der Waals surface area contributed by atoms with Gasteiger partial charge in [0.05, 0.1) is 12.7 Å². The SMILES string of the molecule is COCC(O)CNC(=O)c1cccc(C#CC(C)(C)O)c1. The van der Waals surface area contributed by atoms with Gasteiger partial charge in [-0.05, 0) is 32.0 Å². The van der Waals surface area contributed by atoms with Crippen molar-refractivity contribution in [2.75, 3.05) is 20.3 Å². The first-order valence-electron chi connectivity index (χ1n) is 6.62. The number of methoxy groups -OCH3 is 1. The summed E-state index contributed by atoms with van der Waals surface area (Å²) in [4.78, 5) is 11.9. The topological polar surface area (TPSA) is 78.8 Å². The van der Waals surface area contributed by atoms with Gasteiger partial charge in [0, 0.05) is 24.8 Å². The summed E-state index contributed by atoms with van der Waals surface area (Å²) in [5.41, 5.74) is 0.00656. The van der Waals surface area contributed by atoms with E-state index < -0.39 is 11.7 Å². The Morgan fingerprint density at radius 1 is 1.48 bits per heavy atom. The third-order valence-electron chi connectivity index (χ3n) is 2.49. The number of benzene rings is 1. The average molecular weight is 291 g/mol. The predicted molar refractivity (Wildman–Crippen MR) is 79.8 cm³/mol. The molecule has 0 aliphatic heterocycles. The molecule has 0 bridgehead atoms. The highest BCUT2D eigenvalue weighted by atomic mass is 16.5. The molecule has 0 saturated carbocycles. The van der Waals surface area contributed by atoms with Crippen molar-refractivity contribution in [1.29, 1.82) is 0 Å². The third kappa shape index (κ3) is 6.91. The zero-order chi connectivity index (χ0) is 15.9. The lowest BCUT2D eigenvalue weighted by Crippen LogP contribution is -2.34. The number of hydrogen-bond donors (Lipinski definition) is 3. The van der Waals surface area contributed by atoms with Gasteiger partial charge in [0.2, 0.25) is 0 Å². The number of amides is 1. The summed E-state index contributed by atoms with van der Waals surface area (Å²) in [7, 11) is 1.48. The first kappa shape index (κ1) is 17.2. The molecule has 21 heavy (non-hydrogen) atoms. The zero-order valence-electron chi connectivity index (χ0n) is 12.5. The highest BCUT2D eigenvalue weighted by molar-refractivity contribution is 5.94. The third-order valence-corrected chi connectivity index (χ3v) is 2.49. The molecule has 5 nitrogen and oxygen atoms in total. The molecule has 0 aliphatic carbocycles. The maximum atomic E-state index is 11.9. The van der Waals surface area contributed by atoms with Crippen molar-refractivity contribution in [2.24, 2.45) is 0 Å². The summed E-state index contributed by atoms with van der Waals surface area (Å²) in [5.74, 6) is 5.21. The second-order valence-electron chi connectivity index (χ2n) is 5.21. The van der Waals surface area contributed by atoms with Gasteiger partial charge in [0.25, 0.3) is 5.91 Å². The average Bonchev–Trinajstić information content (AvgIpc) is 2.42. The van der Waals surface area contributed by atoms with Crippen molar-refractivity contribution in [1.82, 2.24) is 5.32 Å². The normalized spacial score (nSPS) is 12.2. The van der Waals surface area contributed by atoms with E-state index in [4.69, 9.17) is 4.74 Å². The first-order chi connectivity index (χ1) is 9.81. The number of ether oxygens (including phenoxy) is 1. The Labute approximate surface area is 124 Å². The summed E-state index contributed by atoms with van der Waals surface area (Å²) in [5, 5.41) is 21.7. The molecule has 0 saturated heterocycles. The van der Waals surface area contributed by atoms with E-state index in [0.717, 1.165) is 0 Å². The Balaban J connectivity index is 2.71. The summed E-state index contributed by atoms with van der Waals surface area (Å²) < 4.78 is 4.78. The van der Waals surface area contributed by atoms with Gasteiger partial charge >= 0.3 is 0 Å². The molecule has 5 heteroatoms. The Kier molecular flexibility index (Phi) is 6.38. The molecule has 0 radical (unpaired) electrons. The van der Waals surface area contributed by atoms with Crippen LogP contribution in [0.5, 0.6) is 0 Å². The van der Waals surface area contributed by atoms with Crippen molar-refractivity contribution in [3.8, 4) is 11.8 Å². The van der Waals surface area contributed by atoms with Crippen molar-refractivity contribution in [2.45, 2.75) is 25.6 Å². The maximum Gasteiger partial charge on any atom is 0.251 e. The molecule has 0 aliphatic rings. The Morgan fingerprint density at radius 3 is 2.81 bits per heavy atom. The Hall–Kier alpha value is -1.87. The number of carbonyl (C=O) groups is 1. The van der Waals surface area contributed by atoms with Gasteiger partial charge in [-0.2, -0.15) is 0 Å². The lowest BCUT2D eigenvalue weighted by atomic mass is 10.1. The van der Waals surface area contributed by atoms with E-state index >= 15 is 0 Å². The van der Waals surface area contributed by atoms with Crippen LogP contribution in [0.3, 0.4) is 0 Å². The van der Waals surface area contributed by atoms with Crippen molar-refractivity contribution >= 4 is 5.91 Å². The zero-order valence-corrected chi connectivity index (χ0v) is 12.5. The summed E-state index contributed by atoms with van der Waals surface area (Å²) in [6.07, 6.45) is -0.739. The first-order valence-corrected chi connectivity index (χ1v) is 6.62. The molecule has 1 aromatic carbocycles. The molecule has 0 heterocycles. The standard InChI is InChI=1S/C16H21NO4/c1-16(2,20)8-7-12-5-4-6-13(9-12)15(19)17-10-14(18)11-21-3/h4-6,9,14,18,20H,10-11H2,1-3H3,(H,17,19). The van der Waals surface area contributed by atoms with Crippen LogP contribution in [0.2, 0.25) is 0 Å². The summed E-state index contributed by atoms with van der Waals surface area (Å²) >= 11 is 0. The molecular weight excluding hydrogens is 270 g/mol.